The summed E-state index contributed by atoms with van der Waals surface area (Å²) in [5, 5.41) is 4.62. The van der Waals surface area contributed by atoms with Crippen molar-refractivity contribution in [2.24, 2.45) is 23.7 Å². The molecule has 2 amide bonds. The van der Waals surface area contributed by atoms with Crippen molar-refractivity contribution in [3.63, 3.8) is 0 Å². The van der Waals surface area contributed by atoms with Crippen LogP contribution in [0.5, 0.6) is 0 Å². The van der Waals surface area contributed by atoms with Crippen molar-refractivity contribution in [3.8, 4) is 0 Å². The zero-order valence-corrected chi connectivity index (χ0v) is 14.9. The molecular formula is C21H21N3O2. The van der Waals surface area contributed by atoms with Crippen LogP contribution in [0, 0.1) is 37.5 Å². The van der Waals surface area contributed by atoms with Crippen LogP contribution in [0.3, 0.4) is 0 Å². The molecule has 2 aromatic rings. The zero-order valence-electron chi connectivity index (χ0n) is 14.9. The van der Waals surface area contributed by atoms with Gasteiger partial charge in [0.1, 0.15) is 0 Å². The SMILES string of the molecule is Cc1nn(Cc2ccccc2)c(C)c1N1C(=O)[C@H]2[C@H](C1=O)[C@H]1C=C[C@H]2C1. The Kier molecular flexibility index (Phi) is 3.23. The predicted octanol–water partition coefficient (Wildman–Crippen LogP) is 2.86. The average molecular weight is 347 g/mol. The summed E-state index contributed by atoms with van der Waals surface area (Å²) < 4.78 is 1.89. The maximum Gasteiger partial charge on any atom is 0.238 e. The first-order valence-corrected chi connectivity index (χ1v) is 9.20. The van der Waals surface area contributed by atoms with Gasteiger partial charge in [-0.15, -0.1) is 0 Å². The molecule has 2 aliphatic carbocycles. The summed E-state index contributed by atoms with van der Waals surface area (Å²) in [5.41, 5.74) is 3.43. The number of nitrogens with zero attached hydrogens (tertiary/aromatic N) is 3. The molecule has 2 heterocycles. The second kappa shape index (κ2) is 5.40. The highest BCUT2D eigenvalue weighted by Crippen LogP contribution is 2.53. The van der Waals surface area contributed by atoms with Gasteiger partial charge in [-0.05, 0) is 37.7 Å². The zero-order chi connectivity index (χ0) is 18.0. The van der Waals surface area contributed by atoms with Crippen LogP contribution < -0.4 is 4.90 Å². The summed E-state index contributed by atoms with van der Waals surface area (Å²) in [7, 11) is 0. The van der Waals surface area contributed by atoms with Crippen LogP contribution in [0.4, 0.5) is 5.69 Å². The van der Waals surface area contributed by atoms with E-state index in [2.05, 4.69) is 29.4 Å². The number of allylic oxidation sites excluding steroid dienone is 2. The fraction of sp³-hybridized carbons (Fsp3) is 0.381. The lowest BCUT2D eigenvalue weighted by atomic mass is 9.85. The second-order valence-electron chi connectivity index (χ2n) is 7.67. The van der Waals surface area contributed by atoms with Crippen molar-refractivity contribution in [2.75, 3.05) is 4.90 Å². The number of fused-ring (bicyclic) bond motifs is 5. The minimum Gasteiger partial charge on any atom is -0.274 e. The molecule has 1 aliphatic heterocycles. The molecule has 0 unspecified atom stereocenters. The molecule has 3 aliphatic rings. The van der Waals surface area contributed by atoms with Crippen LogP contribution in [0.25, 0.3) is 0 Å². The lowest BCUT2D eigenvalue weighted by Crippen LogP contribution is -2.33. The van der Waals surface area contributed by atoms with E-state index in [1.54, 1.807) is 0 Å². The summed E-state index contributed by atoms with van der Waals surface area (Å²) in [4.78, 5) is 27.6. The third-order valence-electron chi connectivity index (χ3n) is 6.21. The molecule has 5 heteroatoms. The minimum atomic E-state index is -0.172. The molecule has 1 saturated carbocycles. The van der Waals surface area contributed by atoms with Crippen LogP contribution in [0.15, 0.2) is 42.5 Å². The molecule has 0 radical (unpaired) electrons. The Morgan fingerprint density at radius 3 is 2.23 bits per heavy atom. The molecule has 0 N–H and O–H groups in total. The van der Waals surface area contributed by atoms with Crippen LogP contribution in [0.2, 0.25) is 0 Å². The van der Waals surface area contributed by atoms with Crippen molar-refractivity contribution in [3.05, 3.63) is 59.4 Å². The van der Waals surface area contributed by atoms with Gasteiger partial charge in [0.15, 0.2) is 0 Å². The van der Waals surface area contributed by atoms with Gasteiger partial charge in [0.2, 0.25) is 11.8 Å². The van der Waals surface area contributed by atoms with E-state index in [1.165, 1.54) is 4.90 Å². The molecule has 2 bridgehead atoms. The molecular weight excluding hydrogens is 326 g/mol. The normalized spacial score (nSPS) is 29.1. The molecule has 1 aromatic carbocycles. The van der Waals surface area contributed by atoms with Crippen molar-refractivity contribution in [2.45, 2.75) is 26.8 Å². The molecule has 1 aromatic heterocycles. The van der Waals surface area contributed by atoms with Crippen LogP contribution in [-0.2, 0) is 16.1 Å². The van der Waals surface area contributed by atoms with Crippen LogP contribution >= 0.6 is 0 Å². The molecule has 5 nitrogen and oxygen atoms in total. The van der Waals surface area contributed by atoms with Gasteiger partial charge in [-0.25, -0.2) is 4.90 Å². The number of carbonyl (C=O) groups excluding carboxylic acids is 2. The molecule has 4 atom stereocenters. The topological polar surface area (TPSA) is 55.2 Å². The number of anilines is 1. The summed E-state index contributed by atoms with van der Waals surface area (Å²) in [5.74, 6) is 0.0324. The van der Waals surface area contributed by atoms with E-state index < -0.39 is 0 Å². The molecule has 132 valence electrons. The van der Waals surface area contributed by atoms with Crippen molar-refractivity contribution in [1.29, 1.82) is 0 Å². The summed E-state index contributed by atoms with van der Waals surface area (Å²) in [6.45, 7) is 4.45. The largest absolute Gasteiger partial charge is 0.274 e. The number of hydrogen-bond donors (Lipinski definition) is 0. The standard InChI is InChI=1S/C21H21N3O2/c1-12-19(13(2)23(22-12)11-14-6-4-3-5-7-14)24-20(25)17-15-8-9-16(10-15)18(17)21(24)26/h3-9,15-18H,10-11H2,1-2H3/t15-,16-,17+,18+/m0/s1. The maximum atomic E-state index is 13.1. The maximum absolute atomic E-state index is 13.1. The third-order valence-corrected chi connectivity index (χ3v) is 6.21. The first-order valence-electron chi connectivity index (χ1n) is 9.20. The van der Waals surface area contributed by atoms with Crippen molar-refractivity contribution < 1.29 is 9.59 Å². The van der Waals surface area contributed by atoms with E-state index in [1.807, 2.05) is 36.7 Å². The Balaban J connectivity index is 1.51. The van der Waals surface area contributed by atoms with E-state index >= 15 is 0 Å². The van der Waals surface area contributed by atoms with E-state index in [0.29, 0.717) is 12.2 Å². The van der Waals surface area contributed by atoms with Gasteiger partial charge in [-0.2, -0.15) is 5.10 Å². The number of hydrogen-bond acceptors (Lipinski definition) is 3. The summed E-state index contributed by atoms with van der Waals surface area (Å²) >= 11 is 0. The molecule has 1 saturated heterocycles. The monoisotopic (exact) mass is 347 g/mol. The predicted molar refractivity (Wildman–Crippen MR) is 97.5 cm³/mol. The molecule has 0 spiro atoms. The smallest absolute Gasteiger partial charge is 0.238 e. The Hall–Kier alpha value is -2.69. The number of aryl methyl sites for hydroxylation is 1. The molecule has 26 heavy (non-hydrogen) atoms. The second-order valence-corrected chi connectivity index (χ2v) is 7.67. The van der Waals surface area contributed by atoms with Gasteiger partial charge in [0.25, 0.3) is 0 Å². The van der Waals surface area contributed by atoms with Crippen LogP contribution in [-0.4, -0.2) is 21.6 Å². The summed E-state index contributed by atoms with van der Waals surface area (Å²) in [6, 6.07) is 10.1. The first kappa shape index (κ1) is 15.6. The Labute approximate surface area is 152 Å². The number of amides is 2. The third kappa shape index (κ3) is 2.00. The quantitative estimate of drug-likeness (QED) is 0.634. The van der Waals surface area contributed by atoms with Gasteiger partial charge in [0, 0.05) is 0 Å². The van der Waals surface area contributed by atoms with Crippen LogP contribution in [0.1, 0.15) is 23.4 Å². The van der Waals surface area contributed by atoms with Gasteiger partial charge in [-0.3, -0.25) is 14.3 Å². The Morgan fingerprint density at radius 1 is 1.00 bits per heavy atom. The minimum absolute atomic E-state index is 0.0395. The van der Waals surface area contributed by atoms with Crippen molar-refractivity contribution >= 4 is 17.5 Å². The van der Waals surface area contributed by atoms with Gasteiger partial charge in [-0.1, -0.05) is 42.5 Å². The van der Waals surface area contributed by atoms with E-state index in [9.17, 15) is 9.59 Å². The lowest BCUT2D eigenvalue weighted by molar-refractivity contribution is -0.123. The Bertz CT molecular complexity index is 914. The number of benzene rings is 1. The number of rotatable bonds is 3. The average Bonchev–Trinajstić information content (AvgIpc) is 3.36. The van der Waals surface area contributed by atoms with E-state index in [4.69, 9.17) is 0 Å². The highest BCUT2D eigenvalue weighted by molar-refractivity contribution is 6.23. The highest BCUT2D eigenvalue weighted by atomic mass is 16.2. The number of imide groups is 1. The summed E-state index contributed by atoms with van der Waals surface area (Å²) in [6.07, 6.45) is 5.20. The van der Waals surface area contributed by atoms with Gasteiger partial charge >= 0.3 is 0 Å². The molecule has 2 fully saturated rings. The van der Waals surface area contributed by atoms with E-state index in [-0.39, 0.29) is 35.5 Å². The fourth-order valence-electron chi connectivity index (χ4n) is 5.04. The lowest BCUT2D eigenvalue weighted by Gasteiger charge is -2.17. The Morgan fingerprint density at radius 2 is 1.62 bits per heavy atom. The molecule has 5 rings (SSSR count). The highest BCUT2D eigenvalue weighted by Gasteiger charge is 2.60. The van der Waals surface area contributed by atoms with Gasteiger partial charge in [0.05, 0.1) is 35.5 Å². The number of carbonyl (C=O) groups is 2. The van der Waals surface area contributed by atoms with Crippen molar-refractivity contribution in [1.82, 2.24) is 9.78 Å². The first-order chi connectivity index (χ1) is 12.6. The van der Waals surface area contributed by atoms with Gasteiger partial charge < -0.3 is 0 Å². The number of aromatic nitrogens is 2. The fourth-order valence-corrected chi connectivity index (χ4v) is 5.04. The van der Waals surface area contributed by atoms with E-state index in [0.717, 1.165) is 23.4 Å².